The standard InChI is InChI=1S/C6H3BrF2.ClH/c7-4-1-5(8)3-6(9)2-4;/h1-3H;1H. The SMILES string of the molecule is Cl.Fc1cc(F)cc(Br)c1. The lowest BCUT2D eigenvalue weighted by atomic mass is 10.3. The van der Waals surface area contributed by atoms with Gasteiger partial charge in [0.1, 0.15) is 11.6 Å². The van der Waals surface area contributed by atoms with Crippen molar-refractivity contribution in [1.29, 1.82) is 0 Å². The predicted octanol–water partition coefficient (Wildman–Crippen LogP) is 3.15. The number of halogens is 4. The molecule has 0 amide bonds. The molecule has 0 N–H and O–H groups in total. The smallest absolute Gasteiger partial charge is 0.127 e. The minimum Gasteiger partial charge on any atom is -0.207 e. The first-order chi connectivity index (χ1) is 4.18. The second-order valence-corrected chi connectivity index (χ2v) is 2.50. The van der Waals surface area contributed by atoms with Gasteiger partial charge in [-0.1, -0.05) is 15.9 Å². The van der Waals surface area contributed by atoms with Crippen LogP contribution in [-0.2, 0) is 0 Å². The molecule has 0 atom stereocenters. The van der Waals surface area contributed by atoms with Gasteiger partial charge in [0.25, 0.3) is 0 Å². The van der Waals surface area contributed by atoms with Gasteiger partial charge in [-0.15, -0.1) is 12.4 Å². The third-order valence-electron chi connectivity index (χ3n) is 0.827. The molecule has 4 heteroatoms. The summed E-state index contributed by atoms with van der Waals surface area (Å²) >= 11 is 2.93. The van der Waals surface area contributed by atoms with Crippen LogP contribution < -0.4 is 0 Å². The Morgan fingerprint density at radius 2 is 1.40 bits per heavy atom. The van der Waals surface area contributed by atoms with Gasteiger partial charge >= 0.3 is 0 Å². The molecule has 0 spiro atoms. The van der Waals surface area contributed by atoms with E-state index < -0.39 is 11.6 Å². The Bertz CT molecular complexity index is 177. The first-order valence-corrected chi connectivity index (χ1v) is 3.09. The van der Waals surface area contributed by atoms with Crippen LogP contribution in [0.3, 0.4) is 0 Å². The molecule has 0 fully saturated rings. The largest absolute Gasteiger partial charge is 0.207 e. The van der Waals surface area contributed by atoms with Crippen molar-refractivity contribution in [3.8, 4) is 0 Å². The van der Waals surface area contributed by atoms with E-state index in [1.165, 1.54) is 12.1 Å². The Kier molecular flexibility index (Phi) is 3.83. The lowest BCUT2D eigenvalue weighted by Gasteiger charge is -1.89. The molecule has 0 saturated heterocycles. The summed E-state index contributed by atoms with van der Waals surface area (Å²) in [4.78, 5) is 0. The maximum Gasteiger partial charge on any atom is 0.127 e. The zero-order chi connectivity index (χ0) is 6.85. The van der Waals surface area contributed by atoms with Crippen LogP contribution >= 0.6 is 28.3 Å². The van der Waals surface area contributed by atoms with E-state index in [1.54, 1.807) is 0 Å². The lowest BCUT2D eigenvalue weighted by Crippen LogP contribution is -1.77. The Morgan fingerprint density at radius 1 is 1.00 bits per heavy atom. The minimum absolute atomic E-state index is 0. The van der Waals surface area contributed by atoms with Gasteiger partial charge in [-0.3, -0.25) is 0 Å². The molecule has 10 heavy (non-hydrogen) atoms. The van der Waals surface area contributed by atoms with E-state index in [4.69, 9.17) is 0 Å². The van der Waals surface area contributed by atoms with Crippen LogP contribution in [0.2, 0.25) is 0 Å². The van der Waals surface area contributed by atoms with E-state index >= 15 is 0 Å². The Hall–Kier alpha value is -0.150. The van der Waals surface area contributed by atoms with E-state index in [1.807, 2.05) is 0 Å². The van der Waals surface area contributed by atoms with Gasteiger partial charge in [0, 0.05) is 10.5 Å². The molecule has 0 nitrogen and oxygen atoms in total. The molecule has 0 radical (unpaired) electrons. The highest BCUT2D eigenvalue weighted by molar-refractivity contribution is 9.10. The molecule has 0 aromatic heterocycles. The molecule has 0 saturated carbocycles. The van der Waals surface area contributed by atoms with Crippen LogP contribution in [0.1, 0.15) is 0 Å². The second kappa shape index (κ2) is 3.88. The summed E-state index contributed by atoms with van der Waals surface area (Å²) in [6, 6.07) is 3.22. The highest BCUT2D eigenvalue weighted by Gasteiger charge is 1.95. The first kappa shape index (κ1) is 9.85. The van der Waals surface area contributed by atoms with E-state index in [0.717, 1.165) is 6.07 Å². The van der Waals surface area contributed by atoms with Crippen molar-refractivity contribution in [2.75, 3.05) is 0 Å². The summed E-state index contributed by atoms with van der Waals surface area (Å²) < 4.78 is 24.7. The molecule has 0 aliphatic carbocycles. The van der Waals surface area contributed by atoms with Crippen molar-refractivity contribution in [2.45, 2.75) is 0 Å². The summed E-state index contributed by atoms with van der Waals surface area (Å²) in [5, 5.41) is 0. The van der Waals surface area contributed by atoms with E-state index in [0.29, 0.717) is 4.47 Å². The summed E-state index contributed by atoms with van der Waals surface area (Å²) in [6.45, 7) is 0. The molecular formula is C6H4BrClF2. The number of rotatable bonds is 0. The quantitative estimate of drug-likeness (QED) is 0.641. The predicted molar refractivity (Wildman–Crippen MR) is 41.3 cm³/mol. The van der Waals surface area contributed by atoms with Gasteiger partial charge in [-0.2, -0.15) is 0 Å². The topological polar surface area (TPSA) is 0 Å². The van der Waals surface area contributed by atoms with Crippen LogP contribution in [0, 0.1) is 11.6 Å². The maximum atomic E-state index is 12.2. The zero-order valence-electron chi connectivity index (χ0n) is 4.77. The highest BCUT2D eigenvalue weighted by Crippen LogP contribution is 2.12. The molecule has 1 aromatic rings. The van der Waals surface area contributed by atoms with Crippen molar-refractivity contribution in [3.63, 3.8) is 0 Å². The van der Waals surface area contributed by atoms with Gasteiger partial charge in [0.2, 0.25) is 0 Å². The van der Waals surface area contributed by atoms with Crippen molar-refractivity contribution in [3.05, 3.63) is 34.3 Å². The van der Waals surface area contributed by atoms with Crippen molar-refractivity contribution in [2.24, 2.45) is 0 Å². The van der Waals surface area contributed by atoms with Gasteiger partial charge in [-0.05, 0) is 12.1 Å². The van der Waals surface area contributed by atoms with Crippen molar-refractivity contribution >= 4 is 28.3 Å². The summed E-state index contributed by atoms with van der Waals surface area (Å²) in [5.74, 6) is -1.14. The van der Waals surface area contributed by atoms with Crippen LogP contribution in [0.25, 0.3) is 0 Å². The van der Waals surface area contributed by atoms with Crippen LogP contribution in [-0.4, -0.2) is 0 Å². The normalized spacial score (nSPS) is 8.70. The first-order valence-electron chi connectivity index (χ1n) is 2.30. The molecule has 1 rings (SSSR count). The van der Waals surface area contributed by atoms with Gasteiger partial charge in [0.05, 0.1) is 0 Å². The third kappa shape index (κ3) is 2.62. The van der Waals surface area contributed by atoms with Crippen molar-refractivity contribution in [1.82, 2.24) is 0 Å². The van der Waals surface area contributed by atoms with Gasteiger partial charge in [0.15, 0.2) is 0 Å². The molecule has 0 aliphatic heterocycles. The molecule has 0 unspecified atom stereocenters. The maximum absolute atomic E-state index is 12.2. The minimum atomic E-state index is -0.568. The molecule has 56 valence electrons. The number of benzene rings is 1. The monoisotopic (exact) mass is 228 g/mol. The summed E-state index contributed by atoms with van der Waals surface area (Å²) in [5.41, 5.74) is 0. The lowest BCUT2D eigenvalue weighted by molar-refractivity contribution is 0.582. The van der Waals surface area contributed by atoms with Gasteiger partial charge < -0.3 is 0 Å². The second-order valence-electron chi connectivity index (χ2n) is 1.59. The van der Waals surface area contributed by atoms with Crippen LogP contribution in [0.4, 0.5) is 8.78 Å². The third-order valence-corrected chi connectivity index (χ3v) is 1.29. The van der Waals surface area contributed by atoms with Gasteiger partial charge in [-0.25, -0.2) is 8.78 Å². The van der Waals surface area contributed by atoms with E-state index in [-0.39, 0.29) is 12.4 Å². The number of hydrogen-bond acceptors (Lipinski definition) is 0. The Labute approximate surface area is 71.8 Å². The Balaban J connectivity index is 0.000000810. The molecule has 0 aliphatic rings. The van der Waals surface area contributed by atoms with E-state index in [2.05, 4.69) is 15.9 Å². The fourth-order valence-corrected chi connectivity index (χ4v) is 0.958. The average molecular weight is 229 g/mol. The summed E-state index contributed by atoms with van der Waals surface area (Å²) in [6.07, 6.45) is 0. The van der Waals surface area contributed by atoms with Crippen molar-refractivity contribution < 1.29 is 8.78 Å². The molecule has 0 bridgehead atoms. The average Bonchev–Trinajstić information content (AvgIpc) is 1.59. The molecule has 0 heterocycles. The highest BCUT2D eigenvalue weighted by atomic mass is 79.9. The molecule has 1 aromatic carbocycles. The fourth-order valence-electron chi connectivity index (χ4n) is 0.520. The number of hydrogen-bond donors (Lipinski definition) is 0. The summed E-state index contributed by atoms with van der Waals surface area (Å²) in [7, 11) is 0. The van der Waals surface area contributed by atoms with Crippen LogP contribution in [0.15, 0.2) is 22.7 Å². The molecular weight excluding hydrogens is 225 g/mol. The van der Waals surface area contributed by atoms with E-state index in [9.17, 15) is 8.78 Å². The zero-order valence-corrected chi connectivity index (χ0v) is 7.18. The Morgan fingerprint density at radius 3 is 1.70 bits per heavy atom. The van der Waals surface area contributed by atoms with Crippen LogP contribution in [0.5, 0.6) is 0 Å². The fraction of sp³-hybridized carbons (Fsp3) is 0.